The van der Waals surface area contributed by atoms with Gasteiger partial charge in [0.15, 0.2) is 5.69 Å². The second kappa shape index (κ2) is 8.01. The molecule has 7 heteroatoms. The van der Waals surface area contributed by atoms with Crippen molar-refractivity contribution in [2.45, 2.75) is 19.8 Å². The molecule has 26 heavy (non-hydrogen) atoms. The van der Waals surface area contributed by atoms with Crippen molar-refractivity contribution in [2.24, 2.45) is 0 Å². The molecule has 0 unspecified atom stereocenters. The monoisotopic (exact) mass is 370 g/mol. The first-order valence-electron chi connectivity index (χ1n) is 8.42. The summed E-state index contributed by atoms with van der Waals surface area (Å²) in [5.74, 6) is -0.494. The molecule has 0 radical (unpaired) electrons. The molecule has 134 valence electrons. The van der Waals surface area contributed by atoms with Crippen LogP contribution in [0.5, 0.6) is 0 Å². The van der Waals surface area contributed by atoms with Crippen LogP contribution in [0.1, 0.15) is 40.9 Å². The Morgan fingerprint density at radius 3 is 2.62 bits per heavy atom. The molecular formula is C19H19ClN4O2. The van der Waals surface area contributed by atoms with Crippen molar-refractivity contribution in [2.75, 3.05) is 11.9 Å². The number of halogens is 1. The fraction of sp³-hybridized carbons (Fsp3) is 0.211. The molecule has 2 N–H and O–H groups in total. The predicted octanol–water partition coefficient (Wildman–Crippen LogP) is 3.77. The lowest BCUT2D eigenvalue weighted by Crippen LogP contribution is -2.26. The van der Waals surface area contributed by atoms with Gasteiger partial charge in [0.1, 0.15) is 0 Å². The van der Waals surface area contributed by atoms with Gasteiger partial charge in [-0.25, -0.2) is 4.98 Å². The topological polar surface area (TPSA) is 75.5 Å². The molecule has 0 fully saturated rings. The van der Waals surface area contributed by atoms with E-state index >= 15 is 0 Å². The van der Waals surface area contributed by atoms with Crippen molar-refractivity contribution in [3.05, 3.63) is 65.2 Å². The van der Waals surface area contributed by atoms with Crippen molar-refractivity contribution in [3.63, 3.8) is 0 Å². The van der Waals surface area contributed by atoms with Crippen LogP contribution >= 0.6 is 11.6 Å². The Morgan fingerprint density at radius 1 is 1.12 bits per heavy atom. The number of hydrogen-bond acceptors (Lipinski definition) is 3. The Balaban J connectivity index is 1.89. The SMILES string of the molecule is CCCCNC(=O)c1nc(C(=O)Nc2ccc(Cl)cc2)c2ccccn12. The molecule has 3 rings (SSSR count). The molecule has 0 saturated heterocycles. The van der Waals surface area contributed by atoms with Gasteiger partial charge >= 0.3 is 0 Å². The van der Waals surface area contributed by atoms with Crippen molar-refractivity contribution >= 4 is 34.6 Å². The number of anilines is 1. The highest BCUT2D eigenvalue weighted by Gasteiger charge is 2.21. The number of pyridine rings is 1. The zero-order valence-electron chi connectivity index (χ0n) is 14.3. The van der Waals surface area contributed by atoms with Crippen molar-refractivity contribution in [3.8, 4) is 0 Å². The summed E-state index contributed by atoms with van der Waals surface area (Å²) >= 11 is 5.86. The minimum absolute atomic E-state index is 0.193. The van der Waals surface area contributed by atoms with Crippen LogP contribution in [0, 0.1) is 0 Å². The van der Waals surface area contributed by atoms with Crippen LogP contribution in [0.2, 0.25) is 5.02 Å². The minimum Gasteiger partial charge on any atom is -0.349 e. The normalized spacial score (nSPS) is 10.7. The second-order valence-corrected chi connectivity index (χ2v) is 6.25. The Morgan fingerprint density at radius 2 is 1.88 bits per heavy atom. The molecule has 1 aromatic carbocycles. The number of rotatable bonds is 6. The van der Waals surface area contributed by atoms with Gasteiger partial charge in [-0.3, -0.25) is 14.0 Å². The predicted molar refractivity (Wildman–Crippen MR) is 102 cm³/mol. The fourth-order valence-electron chi connectivity index (χ4n) is 2.55. The van der Waals surface area contributed by atoms with Crippen LogP contribution in [-0.4, -0.2) is 27.7 Å². The first-order valence-corrected chi connectivity index (χ1v) is 8.80. The number of nitrogens with zero attached hydrogens (tertiary/aromatic N) is 2. The van der Waals surface area contributed by atoms with Gasteiger partial charge in [0.25, 0.3) is 11.8 Å². The van der Waals surface area contributed by atoms with E-state index in [1.807, 2.05) is 0 Å². The summed E-state index contributed by atoms with van der Waals surface area (Å²) in [6.07, 6.45) is 3.59. The Hall–Kier alpha value is -2.86. The van der Waals surface area contributed by atoms with E-state index in [0.717, 1.165) is 12.8 Å². The molecule has 0 saturated carbocycles. The molecule has 0 spiro atoms. The number of amides is 2. The van der Waals surface area contributed by atoms with E-state index < -0.39 is 0 Å². The molecule has 0 aliphatic rings. The number of imidazole rings is 1. The highest BCUT2D eigenvalue weighted by molar-refractivity contribution is 6.30. The quantitative estimate of drug-likeness (QED) is 0.648. The van der Waals surface area contributed by atoms with Gasteiger partial charge < -0.3 is 10.6 Å². The number of aromatic nitrogens is 2. The summed E-state index contributed by atoms with van der Waals surface area (Å²) in [7, 11) is 0. The summed E-state index contributed by atoms with van der Waals surface area (Å²) in [5.41, 5.74) is 1.37. The second-order valence-electron chi connectivity index (χ2n) is 5.81. The number of carbonyl (C=O) groups excluding carboxylic acids is 2. The van der Waals surface area contributed by atoms with Gasteiger partial charge in [0.05, 0.1) is 5.52 Å². The first kappa shape index (κ1) is 17.9. The lowest BCUT2D eigenvalue weighted by Gasteiger charge is -2.03. The van der Waals surface area contributed by atoms with E-state index in [2.05, 4.69) is 22.5 Å². The number of carbonyl (C=O) groups is 2. The largest absolute Gasteiger partial charge is 0.349 e. The van der Waals surface area contributed by atoms with E-state index in [-0.39, 0.29) is 23.3 Å². The smallest absolute Gasteiger partial charge is 0.287 e. The van der Waals surface area contributed by atoms with Gasteiger partial charge in [-0.1, -0.05) is 31.0 Å². The molecule has 3 aromatic rings. The number of unbranched alkanes of at least 4 members (excludes halogenated alkanes) is 1. The Kier molecular flexibility index (Phi) is 5.53. The summed E-state index contributed by atoms with van der Waals surface area (Å²) in [4.78, 5) is 29.4. The average molecular weight is 371 g/mol. The summed E-state index contributed by atoms with van der Waals surface area (Å²) in [6.45, 7) is 2.62. The Bertz CT molecular complexity index is 934. The van der Waals surface area contributed by atoms with Gasteiger partial charge in [0, 0.05) is 23.5 Å². The van der Waals surface area contributed by atoms with Crippen molar-refractivity contribution < 1.29 is 9.59 Å². The zero-order chi connectivity index (χ0) is 18.5. The minimum atomic E-state index is -0.386. The van der Waals surface area contributed by atoms with Crippen LogP contribution < -0.4 is 10.6 Å². The van der Waals surface area contributed by atoms with Crippen LogP contribution in [-0.2, 0) is 0 Å². The molecular weight excluding hydrogens is 352 g/mol. The van der Waals surface area contributed by atoms with Crippen LogP contribution in [0.3, 0.4) is 0 Å². The fourth-order valence-corrected chi connectivity index (χ4v) is 2.67. The first-order chi connectivity index (χ1) is 12.6. The van der Waals surface area contributed by atoms with Crippen molar-refractivity contribution in [1.82, 2.24) is 14.7 Å². The molecule has 2 heterocycles. The van der Waals surface area contributed by atoms with E-state index in [1.54, 1.807) is 53.1 Å². The maximum absolute atomic E-state index is 12.7. The molecule has 0 aliphatic carbocycles. The van der Waals surface area contributed by atoms with Gasteiger partial charge in [-0.2, -0.15) is 0 Å². The number of benzene rings is 1. The number of nitrogens with one attached hydrogen (secondary N) is 2. The standard InChI is InChI=1S/C19H19ClN4O2/c1-2-3-11-21-19(26)17-23-16(15-6-4-5-12-24(15)17)18(25)22-14-9-7-13(20)8-10-14/h4-10,12H,2-3,11H2,1H3,(H,21,26)(H,22,25). The molecule has 2 aromatic heterocycles. The summed E-state index contributed by atoms with van der Waals surface area (Å²) in [6, 6.07) is 12.1. The molecule has 0 bridgehead atoms. The van der Waals surface area contributed by atoms with Crippen molar-refractivity contribution in [1.29, 1.82) is 0 Å². The van der Waals surface area contributed by atoms with Gasteiger partial charge in [0.2, 0.25) is 5.82 Å². The van der Waals surface area contributed by atoms with E-state index in [0.29, 0.717) is 22.8 Å². The number of fused-ring (bicyclic) bond motifs is 1. The highest BCUT2D eigenvalue weighted by Crippen LogP contribution is 2.17. The highest BCUT2D eigenvalue weighted by atomic mass is 35.5. The maximum Gasteiger partial charge on any atom is 0.287 e. The molecule has 2 amide bonds. The molecule has 0 aliphatic heterocycles. The molecule has 6 nitrogen and oxygen atoms in total. The van der Waals surface area contributed by atoms with Gasteiger partial charge in [-0.05, 0) is 42.8 Å². The summed E-state index contributed by atoms with van der Waals surface area (Å²) in [5, 5.41) is 6.19. The van der Waals surface area contributed by atoms with E-state index in [1.165, 1.54) is 0 Å². The maximum atomic E-state index is 12.7. The Labute approximate surface area is 156 Å². The third-order valence-corrected chi connectivity index (χ3v) is 4.14. The lowest BCUT2D eigenvalue weighted by atomic mass is 10.3. The lowest BCUT2D eigenvalue weighted by molar-refractivity contribution is 0.0942. The van der Waals surface area contributed by atoms with Crippen LogP contribution in [0.25, 0.3) is 5.52 Å². The third-order valence-electron chi connectivity index (χ3n) is 3.88. The van der Waals surface area contributed by atoms with Crippen LogP contribution in [0.15, 0.2) is 48.7 Å². The van der Waals surface area contributed by atoms with Crippen LogP contribution in [0.4, 0.5) is 5.69 Å². The third kappa shape index (κ3) is 3.86. The van der Waals surface area contributed by atoms with Gasteiger partial charge in [-0.15, -0.1) is 0 Å². The average Bonchev–Trinajstić information content (AvgIpc) is 3.04. The zero-order valence-corrected chi connectivity index (χ0v) is 15.1. The van der Waals surface area contributed by atoms with E-state index in [4.69, 9.17) is 11.6 Å². The summed E-state index contributed by atoms with van der Waals surface area (Å²) < 4.78 is 1.62. The molecule has 0 atom stereocenters. The van der Waals surface area contributed by atoms with E-state index in [9.17, 15) is 9.59 Å². The number of hydrogen-bond donors (Lipinski definition) is 2.